The summed E-state index contributed by atoms with van der Waals surface area (Å²) in [6.45, 7) is 0.838. The normalized spacial score (nSPS) is 16.7. The second-order valence-electron chi connectivity index (χ2n) is 5.88. The zero-order valence-electron chi connectivity index (χ0n) is 14.2. The van der Waals surface area contributed by atoms with Gasteiger partial charge in [0.2, 0.25) is 0 Å². The number of rotatable bonds is 6. The van der Waals surface area contributed by atoms with E-state index in [1.54, 1.807) is 19.1 Å². The average Bonchev–Trinajstić information content (AvgIpc) is 2.95. The van der Waals surface area contributed by atoms with Crippen LogP contribution in [0.1, 0.15) is 11.1 Å². The molecule has 0 spiro atoms. The Balaban J connectivity index is 1.75. The Hall–Kier alpha value is -2.40. The fourth-order valence-corrected chi connectivity index (χ4v) is 3.18. The minimum absolute atomic E-state index is 0.0374. The maximum absolute atomic E-state index is 12.1. The summed E-state index contributed by atoms with van der Waals surface area (Å²) in [5.74, 6) is 1.35. The molecule has 0 saturated carbocycles. The molecule has 1 unspecified atom stereocenters. The van der Waals surface area contributed by atoms with Crippen LogP contribution in [-0.4, -0.2) is 37.9 Å². The summed E-state index contributed by atoms with van der Waals surface area (Å²) in [5.41, 5.74) is 2.03. The van der Waals surface area contributed by atoms with Crippen LogP contribution < -0.4 is 9.47 Å². The molecule has 0 aromatic heterocycles. The number of carbonyl (C=O) groups excluding carboxylic acids is 1. The van der Waals surface area contributed by atoms with E-state index < -0.39 is 0 Å². The molecule has 25 heavy (non-hydrogen) atoms. The molecule has 1 fully saturated rings. The first-order valence-corrected chi connectivity index (χ1v) is 8.37. The van der Waals surface area contributed by atoms with E-state index in [1.807, 2.05) is 42.5 Å². The summed E-state index contributed by atoms with van der Waals surface area (Å²) in [6, 6.07) is 13.2. The summed E-state index contributed by atoms with van der Waals surface area (Å²) in [7, 11) is 3.21. The molecule has 1 saturated heterocycles. The van der Waals surface area contributed by atoms with E-state index in [0.717, 1.165) is 11.1 Å². The van der Waals surface area contributed by atoms with Crippen molar-refractivity contribution in [3.05, 3.63) is 58.6 Å². The third kappa shape index (κ3) is 3.99. The van der Waals surface area contributed by atoms with Crippen LogP contribution in [0.3, 0.4) is 0 Å². The first kappa shape index (κ1) is 17.4. The monoisotopic (exact) mass is 361 g/mol. The molecule has 0 N–H and O–H groups in total. The lowest BCUT2D eigenvalue weighted by molar-refractivity contribution is 0.156. The van der Waals surface area contributed by atoms with E-state index in [2.05, 4.69) is 0 Å². The number of ether oxygens (including phenoxy) is 3. The van der Waals surface area contributed by atoms with Gasteiger partial charge in [-0.25, -0.2) is 4.79 Å². The third-order valence-electron chi connectivity index (χ3n) is 4.24. The Kier molecular flexibility index (Phi) is 5.34. The zero-order chi connectivity index (χ0) is 17.8. The van der Waals surface area contributed by atoms with Gasteiger partial charge in [-0.15, -0.1) is 0 Å². The summed E-state index contributed by atoms with van der Waals surface area (Å²) >= 11 is 6.03. The number of benzene rings is 2. The van der Waals surface area contributed by atoms with Crippen molar-refractivity contribution in [1.82, 2.24) is 4.90 Å². The van der Waals surface area contributed by atoms with Crippen LogP contribution in [0.4, 0.5) is 4.79 Å². The molecule has 2 aromatic carbocycles. The van der Waals surface area contributed by atoms with Gasteiger partial charge in [-0.1, -0.05) is 29.8 Å². The Bertz CT molecular complexity index is 765. The zero-order valence-corrected chi connectivity index (χ0v) is 15.0. The van der Waals surface area contributed by atoms with E-state index in [0.29, 0.717) is 36.1 Å². The predicted molar refractivity (Wildman–Crippen MR) is 95.4 cm³/mol. The van der Waals surface area contributed by atoms with Crippen molar-refractivity contribution >= 4 is 17.7 Å². The Morgan fingerprint density at radius 2 is 1.92 bits per heavy atom. The van der Waals surface area contributed by atoms with Crippen LogP contribution in [0.2, 0.25) is 5.02 Å². The molecule has 0 radical (unpaired) electrons. The number of methoxy groups -OCH3 is 2. The van der Waals surface area contributed by atoms with Gasteiger partial charge in [0.05, 0.1) is 20.3 Å². The average molecular weight is 362 g/mol. The molecule has 132 valence electrons. The molecule has 1 amide bonds. The Morgan fingerprint density at radius 3 is 2.64 bits per heavy atom. The second-order valence-corrected chi connectivity index (χ2v) is 6.32. The number of carbonyl (C=O) groups is 1. The molecule has 0 bridgehead atoms. The first-order valence-electron chi connectivity index (χ1n) is 7.99. The van der Waals surface area contributed by atoms with Gasteiger partial charge in [-0.3, -0.25) is 4.90 Å². The smallest absolute Gasteiger partial charge is 0.410 e. The molecule has 2 aromatic rings. The topological polar surface area (TPSA) is 48.0 Å². The van der Waals surface area contributed by atoms with Crippen molar-refractivity contribution in [2.75, 3.05) is 20.8 Å². The number of nitrogens with zero attached hydrogens (tertiary/aromatic N) is 1. The van der Waals surface area contributed by atoms with Gasteiger partial charge in [0.1, 0.15) is 6.61 Å². The SMILES string of the molecule is COc1ccc(CC2COC(=O)N2Cc2cccc(Cl)c2)cc1OC. The fraction of sp³-hybridized carbons (Fsp3) is 0.316. The molecule has 1 heterocycles. The quantitative estimate of drug-likeness (QED) is 0.782. The lowest BCUT2D eigenvalue weighted by Gasteiger charge is -2.22. The molecule has 6 heteroatoms. The molecule has 1 aliphatic heterocycles. The Morgan fingerprint density at radius 1 is 1.12 bits per heavy atom. The number of hydrogen-bond donors (Lipinski definition) is 0. The van der Waals surface area contributed by atoms with E-state index in [9.17, 15) is 4.79 Å². The lowest BCUT2D eigenvalue weighted by atomic mass is 10.0. The van der Waals surface area contributed by atoms with Crippen LogP contribution in [0, 0.1) is 0 Å². The molecule has 1 atom stereocenters. The maximum atomic E-state index is 12.1. The molecule has 1 aliphatic rings. The highest BCUT2D eigenvalue weighted by Gasteiger charge is 2.33. The lowest BCUT2D eigenvalue weighted by Crippen LogP contribution is -2.34. The number of amides is 1. The third-order valence-corrected chi connectivity index (χ3v) is 4.47. The molecule has 3 rings (SSSR count). The van der Waals surface area contributed by atoms with Crippen molar-refractivity contribution in [2.24, 2.45) is 0 Å². The minimum Gasteiger partial charge on any atom is -0.493 e. The second kappa shape index (κ2) is 7.66. The first-order chi connectivity index (χ1) is 12.1. The van der Waals surface area contributed by atoms with E-state index in [4.69, 9.17) is 25.8 Å². The van der Waals surface area contributed by atoms with Gasteiger partial charge < -0.3 is 14.2 Å². The highest BCUT2D eigenvalue weighted by atomic mass is 35.5. The van der Waals surface area contributed by atoms with Crippen LogP contribution in [0.5, 0.6) is 11.5 Å². The Labute approximate surface area is 152 Å². The van der Waals surface area contributed by atoms with Gasteiger partial charge in [-0.2, -0.15) is 0 Å². The van der Waals surface area contributed by atoms with Crippen molar-refractivity contribution in [2.45, 2.75) is 19.0 Å². The van der Waals surface area contributed by atoms with Crippen molar-refractivity contribution < 1.29 is 19.0 Å². The van der Waals surface area contributed by atoms with Gasteiger partial charge in [0.25, 0.3) is 0 Å². The highest BCUT2D eigenvalue weighted by Crippen LogP contribution is 2.29. The van der Waals surface area contributed by atoms with E-state index >= 15 is 0 Å². The van der Waals surface area contributed by atoms with Crippen LogP contribution >= 0.6 is 11.6 Å². The van der Waals surface area contributed by atoms with Crippen molar-refractivity contribution in [3.63, 3.8) is 0 Å². The molecule has 0 aliphatic carbocycles. The van der Waals surface area contributed by atoms with E-state index in [1.165, 1.54) is 0 Å². The predicted octanol–water partition coefficient (Wildman–Crippen LogP) is 3.92. The maximum Gasteiger partial charge on any atom is 0.410 e. The van der Waals surface area contributed by atoms with Crippen molar-refractivity contribution in [1.29, 1.82) is 0 Å². The minimum atomic E-state index is -0.301. The largest absolute Gasteiger partial charge is 0.493 e. The number of hydrogen-bond acceptors (Lipinski definition) is 4. The fourth-order valence-electron chi connectivity index (χ4n) is 2.96. The van der Waals surface area contributed by atoms with Gasteiger partial charge in [0, 0.05) is 11.6 Å². The molecular formula is C19H20ClNO4. The van der Waals surface area contributed by atoms with Crippen LogP contribution in [0.15, 0.2) is 42.5 Å². The van der Waals surface area contributed by atoms with Gasteiger partial charge in [-0.05, 0) is 41.8 Å². The van der Waals surface area contributed by atoms with Crippen molar-refractivity contribution in [3.8, 4) is 11.5 Å². The number of halogens is 1. The number of cyclic esters (lactones) is 1. The molecular weight excluding hydrogens is 342 g/mol. The summed E-state index contributed by atoms with van der Waals surface area (Å²) in [6.07, 6.45) is 0.373. The summed E-state index contributed by atoms with van der Waals surface area (Å²) < 4.78 is 15.9. The summed E-state index contributed by atoms with van der Waals surface area (Å²) in [4.78, 5) is 13.9. The standard InChI is InChI=1S/C19H20ClNO4/c1-23-17-7-6-13(10-18(17)24-2)9-16-12-25-19(22)21(16)11-14-4-3-5-15(20)8-14/h3-8,10,16H,9,11-12H2,1-2H3. The van der Waals surface area contributed by atoms with Gasteiger partial charge in [0.15, 0.2) is 11.5 Å². The van der Waals surface area contributed by atoms with Crippen LogP contribution in [0.25, 0.3) is 0 Å². The van der Waals surface area contributed by atoms with Crippen LogP contribution in [-0.2, 0) is 17.7 Å². The summed E-state index contributed by atoms with van der Waals surface area (Å²) in [5, 5.41) is 0.654. The highest BCUT2D eigenvalue weighted by molar-refractivity contribution is 6.30. The van der Waals surface area contributed by atoms with E-state index in [-0.39, 0.29) is 12.1 Å². The van der Waals surface area contributed by atoms with Gasteiger partial charge >= 0.3 is 6.09 Å². The molecule has 5 nitrogen and oxygen atoms in total.